The van der Waals surface area contributed by atoms with Gasteiger partial charge in [-0.05, 0) is 37.6 Å². The van der Waals surface area contributed by atoms with Crippen LogP contribution in [0.5, 0.6) is 5.75 Å². The smallest absolute Gasteiger partial charge is 0.335 e. The van der Waals surface area contributed by atoms with Crippen molar-refractivity contribution in [2.75, 3.05) is 13.2 Å². The van der Waals surface area contributed by atoms with E-state index in [0.717, 1.165) is 0 Å². The molecule has 0 bridgehead atoms. The summed E-state index contributed by atoms with van der Waals surface area (Å²) in [6, 6.07) is 5.84. The molecule has 1 aromatic carbocycles. The first kappa shape index (κ1) is 17.9. The second kappa shape index (κ2) is 7.57. The summed E-state index contributed by atoms with van der Waals surface area (Å²) >= 11 is 0. The minimum atomic E-state index is -1.000. The summed E-state index contributed by atoms with van der Waals surface area (Å²) in [4.78, 5) is 27.5. The van der Waals surface area contributed by atoms with E-state index >= 15 is 0 Å². The largest absolute Gasteiger partial charge is 0.486 e. The first-order valence-corrected chi connectivity index (χ1v) is 8.26. The molecule has 0 saturated carbocycles. The van der Waals surface area contributed by atoms with Gasteiger partial charge in [-0.1, -0.05) is 0 Å². The van der Waals surface area contributed by atoms with E-state index in [1.807, 2.05) is 0 Å². The molecule has 0 unspecified atom stereocenters. The number of aromatic nitrogens is 1. The molecule has 0 radical (unpaired) electrons. The summed E-state index contributed by atoms with van der Waals surface area (Å²) in [5.74, 6) is -0.203. The van der Waals surface area contributed by atoms with Crippen molar-refractivity contribution in [3.05, 3.63) is 47.2 Å². The zero-order chi connectivity index (χ0) is 18.7. The van der Waals surface area contributed by atoms with Crippen LogP contribution in [0.15, 0.2) is 28.7 Å². The number of benzene rings is 1. The maximum absolute atomic E-state index is 12.5. The fourth-order valence-electron chi connectivity index (χ4n) is 2.82. The number of rotatable bonds is 5. The number of carbonyl (C=O) groups excluding carboxylic acids is 1. The first-order chi connectivity index (χ1) is 12.4. The van der Waals surface area contributed by atoms with Crippen LogP contribution in [0.1, 0.15) is 38.9 Å². The Balaban J connectivity index is 1.68. The SMILES string of the molecule is Cc1nc(C)c(C(=O)N[C@@H]2CCOC[C@H]2Oc2ccc(C(=O)O)cc2)o1. The number of hydrogen-bond acceptors (Lipinski definition) is 6. The summed E-state index contributed by atoms with van der Waals surface area (Å²) in [5, 5.41) is 11.9. The molecular formula is C18H20N2O6. The van der Waals surface area contributed by atoms with Crippen molar-refractivity contribution < 1.29 is 28.6 Å². The molecule has 1 saturated heterocycles. The van der Waals surface area contributed by atoms with E-state index in [4.69, 9.17) is 19.0 Å². The van der Waals surface area contributed by atoms with Crippen molar-refractivity contribution in [3.8, 4) is 5.75 Å². The van der Waals surface area contributed by atoms with Crippen LogP contribution >= 0.6 is 0 Å². The fourth-order valence-corrected chi connectivity index (χ4v) is 2.82. The number of carboxylic acids is 1. The Labute approximate surface area is 150 Å². The highest BCUT2D eigenvalue weighted by Crippen LogP contribution is 2.19. The lowest BCUT2D eigenvalue weighted by Gasteiger charge is -2.32. The number of carboxylic acid groups (broad SMARTS) is 1. The predicted octanol–water partition coefficient (Wildman–Crippen LogP) is 1.96. The lowest BCUT2D eigenvalue weighted by Crippen LogP contribution is -2.51. The van der Waals surface area contributed by atoms with Gasteiger partial charge in [0.25, 0.3) is 5.91 Å². The second-order valence-electron chi connectivity index (χ2n) is 6.08. The monoisotopic (exact) mass is 360 g/mol. The van der Waals surface area contributed by atoms with Crippen molar-refractivity contribution in [1.82, 2.24) is 10.3 Å². The number of aryl methyl sites for hydroxylation is 2. The molecular weight excluding hydrogens is 340 g/mol. The average molecular weight is 360 g/mol. The van der Waals surface area contributed by atoms with E-state index in [1.165, 1.54) is 12.1 Å². The highest BCUT2D eigenvalue weighted by Gasteiger charge is 2.30. The molecule has 8 heteroatoms. The van der Waals surface area contributed by atoms with Crippen LogP contribution in [0.4, 0.5) is 0 Å². The van der Waals surface area contributed by atoms with Gasteiger partial charge >= 0.3 is 5.97 Å². The van der Waals surface area contributed by atoms with Gasteiger partial charge < -0.3 is 24.3 Å². The van der Waals surface area contributed by atoms with Gasteiger partial charge in [0.1, 0.15) is 11.9 Å². The summed E-state index contributed by atoms with van der Waals surface area (Å²) in [6.07, 6.45) is 0.197. The number of ether oxygens (including phenoxy) is 2. The highest BCUT2D eigenvalue weighted by atomic mass is 16.5. The molecule has 1 aliphatic rings. The molecule has 1 aliphatic heterocycles. The van der Waals surface area contributed by atoms with Crippen LogP contribution in [0.25, 0.3) is 0 Å². The van der Waals surface area contributed by atoms with Gasteiger partial charge in [-0.25, -0.2) is 9.78 Å². The third-order valence-electron chi connectivity index (χ3n) is 4.12. The molecule has 2 heterocycles. The lowest BCUT2D eigenvalue weighted by atomic mass is 10.1. The third-order valence-corrected chi connectivity index (χ3v) is 4.12. The van der Waals surface area contributed by atoms with Gasteiger partial charge in [0.05, 0.1) is 23.9 Å². The lowest BCUT2D eigenvalue weighted by molar-refractivity contribution is -0.0137. The summed E-state index contributed by atoms with van der Waals surface area (Å²) < 4.78 is 16.7. The van der Waals surface area contributed by atoms with E-state index in [0.29, 0.717) is 37.0 Å². The molecule has 1 fully saturated rings. The zero-order valence-corrected chi connectivity index (χ0v) is 14.5. The predicted molar refractivity (Wildman–Crippen MR) is 90.5 cm³/mol. The van der Waals surface area contributed by atoms with Gasteiger partial charge in [0, 0.05) is 13.5 Å². The Morgan fingerprint density at radius 3 is 2.62 bits per heavy atom. The molecule has 2 atom stereocenters. The van der Waals surface area contributed by atoms with Gasteiger partial charge in [-0.3, -0.25) is 4.79 Å². The molecule has 2 aromatic rings. The van der Waals surface area contributed by atoms with E-state index in [-0.39, 0.29) is 23.3 Å². The van der Waals surface area contributed by atoms with E-state index in [9.17, 15) is 9.59 Å². The summed E-state index contributed by atoms with van der Waals surface area (Å²) in [6.45, 7) is 4.23. The van der Waals surface area contributed by atoms with Crippen LogP contribution in [0.2, 0.25) is 0 Å². The summed E-state index contributed by atoms with van der Waals surface area (Å²) in [5.41, 5.74) is 0.715. The zero-order valence-electron chi connectivity index (χ0n) is 14.5. The van der Waals surface area contributed by atoms with Crippen molar-refractivity contribution in [3.63, 3.8) is 0 Å². The molecule has 1 amide bonds. The van der Waals surface area contributed by atoms with Crippen molar-refractivity contribution >= 4 is 11.9 Å². The Kier molecular flexibility index (Phi) is 5.22. The van der Waals surface area contributed by atoms with Crippen molar-refractivity contribution in [1.29, 1.82) is 0 Å². The topological polar surface area (TPSA) is 111 Å². The Bertz CT molecular complexity index is 799. The van der Waals surface area contributed by atoms with Crippen molar-refractivity contribution in [2.45, 2.75) is 32.4 Å². The first-order valence-electron chi connectivity index (χ1n) is 8.26. The van der Waals surface area contributed by atoms with Crippen molar-refractivity contribution in [2.24, 2.45) is 0 Å². The van der Waals surface area contributed by atoms with Crippen LogP contribution in [-0.4, -0.2) is 47.3 Å². The number of hydrogen-bond donors (Lipinski definition) is 2. The van der Waals surface area contributed by atoms with Crippen LogP contribution in [-0.2, 0) is 4.74 Å². The maximum Gasteiger partial charge on any atom is 0.335 e. The quantitative estimate of drug-likeness (QED) is 0.838. The molecule has 26 heavy (non-hydrogen) atoms. The third kappa shape index (κ3) is 4.02. The number of nitrogens with zero attached hydrogens (tertiary/aromatic N) is 1. The molecule has 1 aromatic heterocycles. The van der Waals surface area contributed by atoms with Crippen LogP contribution in [0, 0.1) is 13.8 Å². The molecule has 2 N–H and O–H groups in total. The molecule has 0 aliphatic carbocycles. The summed E-state index contributed by atoms with van der Waals surface area (Å²) in [7, 11) is 0. The maximum atomic E-state index is 12.5. The van der Waals surface area contributed by atoms with Gasteiger partial charge in [-0.15, -0.1) is 0 Å². The van der Waals surface area contributed by atoms with E-state index in [2.05, 4.69) is 10.3 Å². The normalized spacial score (nSPS) is 19.8. The van der Waals surface area contributed by atoms with Crippen LogP contribution in [0.3, 0.4) is 0 Å². The standard InChI is InChI=1S/C18H20N2O6/c1-10-16(25-11(2)19-10)17(21)20-14-7-8-24-9-15(14)26-13-5-3-12(4-6-13)18(22)23/h3-6,14-15H,7-9H2,1-2H3,(H,20,21)(H,22,23)/t14-,15-/m1/s1. The van der Waals surface area contributed by atoms with E-state index < -0.39 is 12.1 Å². The number of aromatic carboxylic acids is 1. The molecule has 138 valence electrons. The Morgan fingerprint density at radius 1 is 1.27 bits per heavy atom. The number of oxazole rings is 1. The minimum Gasteiger partial charge on any atom is -0.486 e. The number of nitrogens with one attached hydrogen (secondary N) is 1. The van der Waals surface area contributed by atoms with Gasteiger partial charge in [0.2, 0.25) is 5.76 Å². The highest BCUT2D eigenvalue weighted by molar-refractivity contribution is 5.92. The van der Waals surface area contributed by atoms with Gasteiger partial charge in [0.15, 0.2) is 5.89 Å². The Morgan fingerprint density at radius 2 is 2.00 bits per heavy atom. The van der Waals surface area contributed by atoms with Crippen LogP contribution < -0.4 is 10.1 Å². The number of amides is 1. The number of carbonyl (C=O) groups is 2. The fraction of sp³-hybridized carbons (Fsp3) is 0.389. The Hall–Kier alpha value is -2.87. The molecule has 3 rings (SSSR count). The second-order valence-corrected chi connectivity index (χ2v) is 6.08. The van der Waals surface area contributed by atoms with E-state index in [1.54, 1.807) is 26.0 Å². The molecule has 8 nitrogen and oxygen atoms in total. The molecule has 0 spiro atoms. The average Bonchev–Trinajstić information content (AvgIpc) is 2.95. The minimum absolute atomic E-state index is 0.179. The van der Waals surface area contributed by atoms with Gasteiger partial charge in [-0.2, -0.15) is 0 Å².